The highest BCUT2D eigenvalue weighted by atomic mass is 16.2. The van der Waals surface area contributed by atoms with Gasteiger partial charge in [0.2, 0.25) is 0 Å². The summed E-state index contributed by atoms with van der Waals surface area (Å²) in [6.07, 6.45) is 5.75. The zero-order chi connectivity index (χ0) is 8.60. The summed E-state index contributed by atoms with van der Waals surface area (Å²) in [6.45, 7) is 0.892. The Labute approximate surface area is 72.1 Å². The molecule has 3 N–H and O–H groups in total. The number of hydrogen-bond acceptors (Lipinski definition) is 2. The lowest BCUT2D eigenvalue weighted by molar-refractivity contribution is 0.126. The number of carbonyl (C=O) groups excluding carboxylic acids is 1. The molecule has 0 aromatic rings. The molecule has 2 rings (SSSR count). The molecule has 12 heavy (non-hydrogen) atoms. The van der Waals surface area contributed by atoms with E-state index in [4.69, 9.17) is 5.73 Å². The van der Waals surface area contributed by atoms with Crippen molar-refractivity contribution in [1.29, 1.82) is 0 Å². The molecule has 2 fully saturated rings. The van der Waals surface area contributed by atoms with Crippen LogP contribution >= 0.6 is 0 Å². The molecule has 0 unspecified atom stereocenters. The Kier molecular flexibility index (Phi) is 1.72. The number of nitrogens with zero attached hydrogens (tertiary/aromatic N) is 1. The zero-order valence-electron chi connectivity index (χ0n) is 7.18. The number of carbonyl (C=O) groups is 1. The van der Waals surface area contributed by atoms with Gasteiger partial charge in [-0.25, -0.2) is 10.2 Å². The van der Waals surface area contributed by atoms with Gasteiger partial charge in [-0.1, -0.05) is 12.8 Å². The zero-order valence-corrected chi connectivity index (χ0v) is 7.18. The smallest absolute Gasteiger partial charge is 0.329 e. The maximum absolute atomic E-state index is 11.0. The van der Waals surface area contributed by atoms with Crippen molar-refractivity contribution < 1.29 is 4.79 Å². The summed E-state index contributed by atoms with van der Waals surface area (Å²) in [5, 5.41) is 1.65. The maximum atomic E-state index is 11.0. The van der Waals surface area contributed by atoms with Crippen LogP contribution in [0, 0.1) is 0 Å². The Morgan fingerprint density at radius 3 is 2.58 bits per heavy atom. The van der Waals surface area contributed by atoms with Gasteiger partial charge in [-0.05, 0) is 19.3 Å². The van der Waals surface area contributed by atoms with Crippen molar-refractivity contribution in [3.05, 3.63) is 0 Å². The number of urea groups is 1. The number of rotatable bonds is 0. The second-order valence-corrected chi connectivity index (χ2v) is 3.76. The fourth-order valence-electron chi connectivity index (χ4n) is 2.50. The van der Waals surface area contributed by atoms with Crippen LogP contribution in [0.4, 0.5) is 4.79 Å². The minimum atomic E-state index is -0.325. The molecule has 0 atom stereocenters. The molecule has 0 bridgehead atoms. The summed E-state index contributed by atoms with van der Waals surface area (Å²) < 4.78 is 0. The first-order valence-electron chi connectivity index (χ1n) is 4.58. The second-order valence-electron chi connectivity index (χ2n) is 3.76. The highest BCUT2D eigenvalue weighted by Gasteiger charge is 2.44. The van der Waals surface area contributed by atoms with E-state index in [0.29, 0.717) is 0 Å². The molecule has 1 heterocycles. The quantitative estimate of drug-likeness (QED) is 0.557. The Morgan fingerprint density at radius 1 is 1.33 bits per heavy atom. The predicted molar refractivity (Wildman–Crippen MR) is 45.2 cm³/mol. The highest BCUT2D eigenvalue weighted by molar-refractivity contribution is 5.72. The lowest BCUT2D eigenvalue weighted by Crippen LogP contribution is -2.52. The molecule has 2 amide bonds. The Hall–Kier alpha value is -0.770. The first-order valence-corrected chi connectivity index (χ1v) is 4.58. The fraction of sp³-hybridized carbons (Fsp3) is 0.875. The van der Waals surface area contributed by atoms with Gasteiger partial charge in [0.15, 0.2) is 0 Å². The van der Waals surface area contributed by atoms with E-state index in [0.717, 1.165) is 25.8 Å². The molecular weight excluding hydrogens is 154 g/mol. The van der Waals surface area contributed by atoms with Crippen molar-refractivity contribution in [3.63, 3.8) is 0 Å². The third-order valence-electron chi connectivity index (χ3n) is 3.09. The van der Waals surface area contributed by atoms with Gasteiger partial charge in [-0.3, -0.25) is 5.01 Å². The van der Waals surface area contributed by atoms with E-state index >= 15 is 0 Å². The summed E-state index contributed by atoms with van der Waals surface area (Å²) in [5.74, 6) is 0. The third kappa shape index (κ3) is 0.982. The van der Waals surface area contributed by atoms with Gasteiger partial charge in [0.1, 0.15) is 0 Å². The molecule has 1 saturated carbocycles. The lowest BCUT2D eigenvalue weighted by Gasteiger charge is -2.32. The van der Waals surface area contributed by atoms with Gasteiger partial charge in [0, 0.05) is 6.54 Å². The molecule has 1 spiro atoms. The van der Waals surface area contributed by atoms with Gasteiger partial charge < -0.3 is 5.73 Å². The average Bonchev–Trinajstić information content (AvgIpc) is 2.61. The Balaban J connectivity index is 2.17. The van der Waals surface area contributed by atoms with E-state index in [1.165, 1.54) is 12.8 Å². The predicted octanol–water partition coefficient (Wildman–Crippen LogP) is 0.588. The van der Waals surface area contributed by atoms with Crippen molar-refractivity contribution in [3.8, 4) is 0 Å². The van der Waals surface area contributed by atoms with E-state index in [2.05, 4.69) is 5.43 Å². The van der Waals surface area contributed by atoms with Gasteiger partial charge in [0.05, 0.1) is 5.54 Å². The van der Waals surface area contributed by atoms with Crippen LogP contribution in [-0.4, -0.2) is 23.1 Å². The molecule has 2 aliphatic rings. The SMILES string of the molecule is NC(=O)N1NCCC12CCCC2. The van der Waals surface area contributed by atoms with Crippen molar-refractivity contribution in [2.45, 2.75) is 37.6 Å². The molecule has 1 aliphatic carbocycles. The number of nitrogens with two attached hydrogens (primary N) is 1. The Morgan fingerprint density at radius 2 is 2.00 bits per heavy atom. The van der Waals surface area contributed by atoms with Gasteiger partial charge in [-0.2, -0.15) is 0 Å². The fourth-order valence-corrected chi connectivity index (χ4v) is 2.50. The summed E-state index contributed by atoms with van der Waals surface area (Å²) in [6, 6.07) is -0.325. The molecule has 1 aliphatic heterocycles. The van der Waals surface area contributed by atoms with E-state index < -0.39 is 0 Å². The maximum Gasteiger partial charge on any atom is 0.329 e. The standard InChI is InChI=1S/C8H15N3O/c9-7(12)11-8(5-6-10-11)3-1-2-4-8/h10H,1-6H2,(H2,9,12). The van der Waals surface area contributed by atoms with Gasteiger partial charge in [-0.15, -0.1) is 0 Å². The minimum absolute atomic E-state index is 0.0752. The first-order chi connectivity index (χ1) is 5.75. The number of primary amides is 1. The van der Waals surface area contributed by atoms with E-state index in [1.54, 1.807) is 5.01 Å². The number of amides is 2. The highest BCUT2D eigenvalue weighted by Crippen LogP contribution is 2.39. The minimum Gasteiger partial charge on any atom is -0.350 e. The third-order valence-corrected chi connectivity index (χ3v) is 3.09. The van der Waals surface area contributed by atoms with Crippen LogP contribution in [0.15, 0.2) is 0 Å². The summed E-state index contributed by atoms with van der Waals surface area (Å²) in [7, 11) is 0. The normalized spacial score (nSPS) is 26.8. The molecule has 0 aromatic heterocycles. The molecule has 0 aromatic carbocycles. The Bertz CT molecular complexity index is 193. The van der Waals surface area contributed by atoms with Crippen LogP contribution in [0.1, 0.15) is 32.1 Å². The van der Waals surface area contributed by atoms with Crippen molar-refractivity contribution in [1.82, 2.24) is 10.4 Å². The van der Waals surface area contributed by atoms with Gasteiger partial charge in [0.25, 0.3) is 0 Å². The van der Waals surface area contributed by atoms with Crippen molar-refractivity contribution >= 4 is 6.03 Å². The molecule has 1 saturated heterocycles. The number of nitrogens with one attached hydrogen (secondary N) is 1. The molecule has 4 nitrogen and oxygen atoms in total. The van der Waals surface area contributed by atoms with Crippen LogP contribution in [0.3, 0.4) is 0 Å². The average molecular weight is 169 g/mol. The van der Waals surface area contributed by atoms with E-state index in [-0.39, 0.29) is 11.6 Å². The van der Waals surface area contributed by atoms with Crippen LogP contribution < -0.4 is 11.2 Å². The lowest BCUT2D eigenvalue weighted by atomic mass is 9.95. The summed E-state index contributed by atoms with van der Waals surface area (Å²) in [4.78, 5) is 11.0. The van der Waals surface area contributed by atoms with Crippen LogP contribution in [0.2, 0.25) is 0 Å². The topological polar surface area (TPSA) is 58.4 Å². The largest absolute Gasteiger partial charge is 0.350 e. The van der Waals surface area contributed by atoms with E-state index in [9.17, 15) is 4.79 Å². The van der Waals surface area contributed by atoms with Crippen molar-refractivity contribution in [2.75, 3.05) is 6.54 Å². The van der Waals surface area contributed by atoms with Gasteiger partial charge >= 0.3 is 6.03 Å². The molecule has 68 valence electrons. The molecule has 0 radical (unpaired) electrons. The van der Waals surface area contributed by atoms with E-state index in [1.807, 2.05) is 0 Å². The first kappa shape index (κ1) is 7.86. The molecular formula is C8H15N3O. The van der Waals surface area contributed by atoms with Crippen molar-refractivity contribution in [2.24, 2.45) is 5.73 Å². The van der Waals surface area contributed by atoms with Crippen LogP contribution in [0.25, 0.3) is 0 Å². The monoisotopic (exact) mass is 169 g/mol. The second kappa shape index (κ2) is 2.62. The summed E-state index contributed by atoms with van der Waals surface area (Å²) >= 11 is 0. The summed E-state index contributed by atoms with van der Waals surface area (Å²) in [5.41, 5.74) is 8.40. The number of hydrogen-bond donors (Lipinski definition) is 2. The number of hydrazine groups is 1. The molecule has 4 heteroatoms. The van der Waals surface area contributed by atoms with Crippen LogP contribution in [0.5, 0.6) is 0 Å². The van der Waals surface area contributed by atoms with Crippen LogP contribution in [-0.2, 0) is 0 Å².